The Balaban J connectivity index is 2.96. The van der Waals surface area contributed by atoms with Gasteiger partial charge in [-0.25, -0.2) is 0 Å². The lowest BCUT2D eigenvalue weighted by atomic mass is 10.2. The van der Waals surface area contributed by atoms with Crippen molar-refractivity contribution in [2.45, 2.75) is 27.3 Å². The van der Waals surface area contributed by atoms with Gasteiger partial charge in [-0.2, -0.15) is 0 Å². The monoisotopic (exact) mass is 257 g/mol. The summed E-state index contributed by atoms with van der Waals surface area (Å²) in [6, 6.07) is 3.77. The van der Waals surface area contributed by atoms with Crippen molar-refractivity contribution >= 4 is 11.6 Å². The number of halogens is 1. The fourth-order valence-corrected chi connectivity index (χ4v) is 1.73. The van der Waals surface area contributed by atoms with E-state index in [9.17, 15) is 0 Å². The number of ether oxygens (including phenoxy) is 2. The lowest BCUT2D eigenvalue weighted by molar-refractivity contribution is 0.287. The molecule has 0 amide bonds. The van der Waals surface area contributed by atoms with Crippen LogP contribution in [0.2, 0.25) is 5.02 Å². The summed E-state index contributed by atoms with van der Waals surface area (Å²) in [5.74, 6) is 1.46. The molecule has 0 atom stereocenters. The Morgan fingerprint density at radius 1 is 1.06 bits per heavy atom. The summed E-state index contributed by atoms with van der Waals surface area (Å²) in [4.78, 5) is 0. The molecule has 0 bridgehead atoms. The van der Waals surface area contributed by atoms with Crippen molar-refractivity contribution in [1.29, 1.82) is 0 Å². The van der Waals surface area contributed by atoms with Crippen molar-refractivity contribution in [3.05, 3.63) is 22.7 Å². The molecule has 0 heterocycles. The minimum Gasteiger partial charge on any atom is -0.490 e. The van der Waals surface area contributed by atoms with Gasteiger partial charge >= 0.3 is 0 Å². The molecule has 0 aliphatic carbocycles. The molecule has 0 saturated heterocycles. The first-order valence-electron chi connectivity index (χ1n) is 6.01. The van der Waals surface area contributed by atoms with Crippen LogP contribution >= 0.6 is 11.6 Å². The Hall–Kier alpha value is -0.930. The predicted molar refractivity (Wildman–Crippen MR) is 71.2 cm³/mol. The Morgan fingerprint density at radius 2 is 1.65 bits per heavy atom. The number of benzene rings is 1. The van der Waals surface area contributed by atoms with Crippen molar-refractivity contribution in [2.75, 3.05) is 19.8 Å². The molecule has 0 aliphatic rings. The highest BCUT2D eigenvalue weighted by molar-refractivity contribution is 6.31. The second-order valence-electron chi connectivity index (χ2n) is 3.54. The molecule has 1 aromatic rings. The molecule has 0 aliphatic heterocycles. The third-order valence-electron chi connectivity index (χ3n) is 2.28. The van der Waals surface area contributed by atoms with Crippen molar-refractivity contribution in [2.24, 2.45) is 0 Å². The van der Waals surface area contributed by atoms with E-state index in [4.69, 9.17) is 21.1 Å². The molecule has 1 N–H and O–H groups in total. The average Bonchev–Trinajstić information content (AvgIpc) is 2.31. The Morgan fingerprint density at radius 3 is 2.18 bits per heavy atom. The Kier molecular flexibility index (Phi) is 6.16. The van der Waals surface area contributed by atoms with Crippen LogP contribution in [0.1, 0.15) is 26.3 Å². The van der Waals surface area contributed by atoms with Crippen LogP contribution in [-0.4, -0.2) is 19.8 Å². The maximum Gasteiger partial charge on any atom is 0.162 e. The number of nitrogens with one attached hydrogen (secondary N) is 1. The molecule has 1 aromatic carbocycles. The van der Waals surface area contributed by atoms with Gasteiger partial charge in [-0.15, -0.1) is 0 Å². The van der Waals surface area contributed by atoms with Gasteiger partial charge in [0.1, 0.15) is 0 Å². The van der Waals surface area contributed by atoms with E-state index in [1.54, 1.807) is 0 Å². The van der Waals surface area contributed by atoms with E-state index in [0.29, 0.717) is 24.0 Å². The van der Waals surface area contributed by atoms with Gasteiger partial charge < -0.3 is 14.8 Å². The second kappa shape index (κ2) is 7.41. The zero-order chi connectivity index (χ0) is 12.7. The van der Waals surface area contributed by atoms with E-state index in [2.05, 4.69) is 12.2 Å². The quantitative estimate of drug-likeness (QED) is 0.813. The first-order valence-corrected chi connectivity index (χ1v) is 6.39. The topological polar surface area (TPSA) is 30.5 Å². The third-order valence-corrected chi connectivity index (χ3v) is 2.63. The van der Waals surface area contributed by atoms with Gasteiger partial charge in [0.05, 0.1) is 13.2 Å². The SMILES string of the molecule is CCNCc1cc(OCC)c(OCC)cc1Cl. The minimum absolute atomic E-state index is 0.600. The molecule has 0 spiro atoms. The molecule has 0 fully saturated rings. The summed E-state index contributed by atoms with van der Waals surface area (Å²) in [5, 5.41) is 3.95. The maximum absolute atomic E-state index is 6.20. The van der Waals surface area contributed by atoms with E-state index < -0.39 is 0 Å². The molecule has 4 heteroatoms. The van der Waals surface area contributed by atoms with Crippen LogP contribution in [-0.2, 0) is 6.54 Å². The van der Waals surface area contributed by atoms with Gasteiger partial charge in [-0.05, 0) is 32.0 Å². The summed E-state index contributed by atoms with van der Waals surface area (Å²) >= 11 is 6.20. The van der Waals surface area contributed by atoms with Crippen LogP contribution in [0.4, 0.5) is 0 Å². The predicted octanol–water partition coefficient (Wildman–Crippen LogP) is 3.25. The smallest absolute Gasteiger partial charge is 0.162 e. The number of rotatable bonds is 7. The highest BCUT2D eigenvalue weighted by Crippen LogP contribution is 2.33. The maximum atomic E-state index is 6.20. The van der Waals surface area contributed by atoms with Crippen LogP contribution in [0.25, 0.3) is 0 Å². The number of hydrogen-bond acceptors (Lipinski definition) is 3. The molecular formula is C13H20ClNO2. The molecular weight excluding hydrogens is 238 g/mol. The van der Waals surface area contributed by atoms with Crippen molar-refractivity contribution in [3.63, 3.8) is 0 Å². The summed E-state index contributed by atoms with van der Waals surface area (Å²) in [6.07, 6.45) is 0. The summed E-state index contributed by atoms with van der Waals surface area (Å²) in [7, 11) is 0. The zero-order valence-electron chi connectivity index (χ0n) is 10.7. The molecule has 3 nitrogen and oxygen atoms in total. The van der Waals surface area contributed by atoms with Gasteiger partial charge in [0, 0.05) is 17.6 Å². The molecule has 96 valence electrons. The van der Waals surface area contributed by atoms with Gasteiger partial charge in [0.15, 0.2) is 11.5 Å². The molecule has 0 aromatic heterocycles. The largest absolute Gasteiger partial charge is 0.490 e. The fourth-order valence-electron chi connectivity index (χ4n) is 1.51. The van der Waals surface area contributed by atoms with Crippen LogP contribution in [0.15, 0.2) is 12.1 Å². The Bertz CT molecular complexity index is 356. The lowest BCUT2D eigenvalue weighted by Crippen LogP contribution is -2.12. The van der Waals surface area contributed by atoms with E-state index in [0.717, 1.165) is 24.4 Å². The van der Waals surface area contributed by atoms with Crippen LogP contribution < -0.4 is 14.8 Å². The van der Waals surface area contributed by atoms with Crippen molar-refractivity contribution in [1.82, 2.24) is 5.32 Å². The Labute approximate surface area is 108 Å². The van der Waals surface area contributed by atoms with E-state index in [1.807, 2.05) is 26.0 Å². The summed E-state index contributed by atoms with van der Waals surface area (Å²) < 4.78 is 11.1. The van der Waals surface area contributed by atoms with Gasteiger partial charge in [-0.3, -0.25) is 0 Å². The van der Waals surface area contributed by atoms with E-state index in [-0.39, 0.29) is 0 Å². The van der Waals surface area contributed by atoms with Crippen molar-refractivity contribution in [3.8, 4) is 11.5 Å². The highest BCUT2D eigenvalue weighted by atomic mass is 35.5. The minimum atomic E-state index is 0.600. The first kappa shape index (κ1) is 14.1. The molecule has 1 rings (SSSR count). The molecule has 0 unspecified atom stereocenters. The summed E-state index contributed by atoms with van der Waals surface area (Å²) in [6.45, 7) is 8.82. The van der Waals surface area contributed by atoms with Crippen LogP contribution in [0.5, 0.6) is 11.5 Å². The highest BCUT2D eigenvalue weighted by Gasteiger charge is 2.10. The number of hydrogen-bond donors (Lipinski definition) is 1. The standard InChI is InChI=1S/C13H20ClNO2/c1-4-15-9-10-7-12(16-5-2)13(17-6-3)8-11(10)14/h7-8,15H,4-6,9H2,1-3H3. The van der Waals surface area contributed by atoms with Gasteiger partial charge in [-0.1, -0.05) is 18.5 Å². The first-order chi connectivity index (χ1) is 8.22. The van der Waals surface area contributed by atoms with Crippen LogP contribution in [0, 0.1) is 0 Å². The van der Waals surface area contributed by atoms with Crippen molar-refractivity contribution < 1.29 is 9.47 Å². The summed E-state index contributed by atoms with van der Waals surface area (Å²) in [5.41, 5.74) is 1.03. The van der Waals surface area contributed by atoms with E-state index >= 15 is 0 Å². The van der Waals surface area contributed by atoms with Gasteiger partial charge in [0.25, 0.3) is 0 Å². The van der Waals surface area contributed by atoms with E-state index in [1.165, 1.54) is 0 Å². The molecule has 17 heavy (non-hydrogen) atoms. The van der Waals surface area contributed by atoms with Gasteiger partial charge in [0.2, 0.25) is 0 Å². The van der Waals surface area contributed by atoms with Crippen LogP contribution in [0.3, 0.4) is 0 Å². The lowest BCUT2D eigenvalue weighted by Gasteiger charge is -2.14. The molecule has 0 saturated carbocycles. The second-order valence-corrected chi connectivity index (χ2v) is 3.94. The third kappa shape index (κ3) is 4.10. The molecule has 0 radical (unpaired) electrons. The average molecular weight is 258 g/mol. The zero-order valence-corrected chi connectivity index (χ0v) is 11.4. The fraction of sp³-hybridized carbons (Fsp3) is 0.538. The normalized spacial score (nSPS) is 10.4.